The number of phenols is 1. The Labute approximate surface area is 186 Å². The number of carbonyl (C=O) groups is 2. The zero-order chi connectivity index (χ0) is 23.5. The van der Waals surface area contributed by atoms with Gasteiger partial charge in [0.05, 0.1) is 0 Å². The maximum absolute atomic E-state index is 12.4. The third-order valence-electron chi connectivity index (χ3n) is 4.68. The number of phenolic OH excluding ortho intramolecular Hbond substituents is 1. The SMILES string of the molecule is C=O.CCCC(CNC(=O)c1ccc(O)cc1)CN(CCC)Cc1ccccc1.CO. The summed E-state index contributed by atoms with van der Waals surface area (Å²) < 4.78 is 0. The van der Waals surface area contributed by atoms with Crippen molar-refractivity contribution in [2.45, 2.75) is 39.7 Å². The van der Waals surface area contributed by atoms with Gasteiger partial charge in [-0.1, -0.05) is 50.6 Å². The highest BCUT2D eigenvalue weighted by molar-refractivity contribution is 5.94. The van der Waals surface area contributed by atoms with Gasteiger partial charge in [0.1, 0.15) is 12.5 Å². The Morgan fingerprint density at radius 2 is 1.61 bits per heavy atom. The van der Waals surface area contributed by atoms with Crippen molar-refractivity contribution in [3.63, 3.8) is 0 Å². The van der Waals surface area contributed by atoms with Crippen LogP contribution >= 0.6 is 0 Å². The monoisotopic (exact) mass is 430 g/mol. The molecule has 3 N–H and O–H groups in total. The fraction of sp³-hybridized carbons (Fsp3) is 0.440. The molecule has 6 nitrogen and oxygen atoms in total. The van der Waals surface area contributed by atoms with Crippen LogP contribution in [0.3, 0.4) is 0 Å². The van der Waals surface area contributed by atoms with E-state index in [9.17, 15) is 9.90 Å². The van der Waals surface area contributed by atoms with Crippen LogP contribution in [0.25, 0.3) is 0 Å². The zero-order valence-corrected chi connectivity index (χ0v) is 19.1. The van der Waals surface area contributed by atoms with Crippen molar-refractivity contribution in [1.29, 1.82) is 0 Å². The molecule has 1 amide bonds. The molecule has 0 aliphatic carbocycles. The summed E-state index contributed by atoms with van der Waals surface area (Å²) in [6.45, 7) is 10.0. The van der Waals surface area contributed by atoms with Crippen LogP contribution in [0.15, 0.2) is 54.6 Å². The van der Waals surface area contributed by atoms with Gasteiger partial charge in [0.2, 0.25) is 0 Å². The Morgan fingerprint density at radius 3 is 2.16 bits per heavy atom. The third-order valence-corrected chi connectivity index (χ3v) is 4.68. The summed E-state index contributed by atoms with van der Waals surface area (Å²) in [6, 6.07) is 16.9. The molecule has 2 rings (SSSR count). The second-order valence-electron chi connectivity index (χ2n) is 7.13. The van der Waals surface area contributed by atoms with Gasteiger partial charge in [-0.25, -0.2) is 0 Å². The van der Waals surface area contributed by atoms with Crippen molar-refractivity contribution in [3.8, 4) is 5.75 Å². The summed E-state index contributed by atoms with van der Waals surface area (Å²) in [5, 5.41) is 19.4. The van der Waals surface area contributed by atoms with Gasteiger partial charge in [-0.05, 0) is 55.1 Å². The first-order valence-electron chi connectivity index (χ1n) is 10.7. The summed E-state index contributed by atoms with van der Waals surface area (Å²) in [6.07, 6.45) is 3.31. The molecular weight excluding hydrogens is 392 g/mol. The Balaban J connectivity index is 0.00000212. The molecular formula is C25H38N2O4. The molecule has 2 aromatic rings. The smallest absolute Gasteiger partial charge is 0.251 e. The van der Waals surface area contributed by atoms with Gasteiger partial charge >= 0.3 is 0 Å². The van der Waals surface area contributed by atoms with E-state index in [0.29, 0.717) is 18.0 Å². The number of rotatable bonds is 11. The van der Waals surface area contributed by atoms with E-state index >= 15 is 0 Å². The number of carbonyl (C=O) groups excluding carboxylic acids is 2. The summed E-state index contributed by atoms with van der Waals surface area (Å²) >= 11 is 0. The lowest BCUT2D eigenvalue weighted by Crippen LogP contribution is -2.37. The van der Waals surface area contributed by atoms with Gasteiger partial charge in [-0.15, -0.1) is 0 Å². The number of amides is 1. The number of aliphatic hydroxyl groups excluding tert-OH is 1. The molecule has 0 aliphatic heterocycles. The number of hydrogen-bond acceptors (Lipinski definition) is 5. The molecule has 0 heterocycles. The van der Waals surface area contributed by atoms with Crippen molar-refractivity contribution in [1.82, 2.24) is 10.2 Å². The first-order valence-corrected chi connectivity index (χ1v) is 10.7. The number of aromatic hydroxyl groups is 1. The van der Waals surface area contributed by atoms with Crippen LogP contribution < -0.4 is 5.32 Å². The summed E-state index contributed by atoms with van der Waals surface area (Å²) in [5.41, 5.74) is 1.91. The second kappa shape index (κ2) is 18.1. The molecule has 1 atom stereocenters. The largest absolute Gasteiger partial charge is 0.508 e. The quantitative estimate of drug-likeness (QED) is 0.503. The van der Waals surface area contributed by atoms with Gasteiger partial charge in [0.15, 0.2) is 0 Å². The first-order chi connectivity index (χ1) is 15.1. The molecule has 31 heavy (non-hydrogen) atoms. The molecule has 172 valence electrons. The molecule has 0 spiro atoms. The summed E-state index contributed by atoms with van der Waals surface area (Å²) in [7, 11) is 1.00. The minimum absolute atomic E-state index is 0.0822. The molecule has 2 aromatic carbocycles. The molecule has 0 aromatic heterocycles. The Kier molecular flexibility index (Phi) is 16.5. The maximum atomic E-state index is 12.4. The molecule has 0 fully saturated rings. The third kappa shape index (κ3) is 11.9. The first kappa shape index (κ1) is 28.3. The maximum Gasteiger partial charge on any atom is 0.251 e. The van der Waals surface area contributed by atoms with Gasteiger partial charge in [0.25, 0.3) is 5.91 Å². The summed E-state index contributed by atoms with van der Waals surface area (Å²) in [4.78, 5) is 22.8. The van der Waals surface area contributed by atoms with Crippen LogP contribution in [0.5, 0.6) is 5.75 Å². The molecule has 0 aliphatic rings. The number of nitrogens with one attached hydrogen (secondary N) is 1. The molecule has 0 bridgehead atoms. The lowest BCUT2D eigenvalue weighted by atomic mass is 10.0. The van der Waals surface area contributed by atoms with E-state index in [-0.39, 0.29) is 11.7 Å². The Bertz CT molecular complexity index is 692. The van der Waals surface area contributed by atoms with E-state index in [4.69, 9.17) is 9.90 Å². The number of aliphatic hydroxyl groups is 1. The van der Waals surface area contributed by atoms with Gasteiger partial charge < -0.3 is 20.3 Å². The van der Waals surface area contributed by atoms with Gasteiger partial charge in [-0.3, -0.25) is 9.69 Å². The molecule has 0 saturated carbocycles. The Hall–Kier alpha value is -2.70. The predicted octanol–water partition coefficient (Wildman–Crippen LogP) is 3.87. The standard InChI is InChI=1S/C23H32N2O2.CH4O.CH2O/c1-3-8-20(16-24-23(27)21-11-13-22(26)14-12-21)18-25(15-4-2)17-19-9-6-5-7-10-19;2*1-2/h5-7,9-14,20,26H,3-4,8,15-18H2,1-2H3,(H,24,27);2H,1H3;1H2. The molecule has 6 heteroatoms. The number of benzene rings is 2. The van der Waals surface area contributed by atoms with Gasteiger partial charge in [0, 0.05) is 32.3 Å². The van der Waals surface area contributed by atoms with E-state index in [1.54, 1.807) is 24.3 Å². The number of hydrogen-bond donors (Lipinski definition) is 3. The van der Waals surface area contributed by atoms with Crippen molar-refractivity contribution >= 4 is 12.7 Å². The van der Waals surface area contributed by atoms with Crippen LogP contribution in [0, 0.1) is 5.92 Å². The van der Waals surface area contributed by atoms with E-state index in [1.807, 2.05) is 12.9 Å². The summed E-state index contributed by atoms with van der Waals surface area (Å²) in [5.74, 6) is 0.513. The predicted molar refractivity (Wildman–Crippen MR) is 126 cm³/mol. The lowest BCUT2D eigenvalue weighted by molar-refractivity contribution is -0.0980. The van der Waals surface area contributed by atoms with Crippen LogP contribution in [-0.4, -0.2) is 54.6 Å². The zero-order valence-electron chi connectivity index (χ0n) is 19.1. The second-order valence-corrected chi connectivity index (χ2v) is 7.13. The van der Waals surface area contributed by atoms with E-state index in [0.717, 1.165) is 46.0 Å². The average molecular weight is 431 g/mol. The van der Waals surface area contributed by atoms with Crippen LogP contribution in [-0.2, 0) is 11.3 Å². The van der Waals surface area contributed by atoms with Crippen molar-refractivity contribution in [3.05, 3.63) is 65.7 Å². The van der Waals surface area contributed by atoms with Gasteiger partial charge in [-0.2, -0.15) is 0 Å². The van der Waals surface area contributed by atoms with E-state index in [1.165, 1.54) is 5.56 Å². The fourth-order valence-electron chi connectivity index (χ4n) is 3.38. The van der Waals surface area contributed by atoms with Crippen LogP contribution in [0.4, 0.5) is 0 Å². The molecule has 0 saturated heterocycles. The highest BCUT2D eigenvalue weighted by Gasteiger charge is 2.15. The Morgan fingerprint density at radius 1 is 1.00 bits per heavy atom. The minimum atomic E-state index is -0.0822. The van der Waals surface area contributed by atoms with E-state index in [2.05, 4.69) is 48.3 Å². The highest BCUT2D eigenvalue weighted by atomic mass is 16.3. The molecule has 0 radical (unpaired) electrons. The fourth-order valence-corrected chi connectivity index (χ4v) is 3.38. The highest BCUT2D eigenvalue weighted by Crippen LogP contribution is 2.13. The lowest BCUT2D eigenvalue weighted by Gasteiger charge is -2.27. The van der Waals surface area contributed by atoms with Crippen molar-refractivity contribution in [2.24, 2.45) is 5.92 Å². The molecule has 1 unspecified atom stereocenters. The van der Waals surface area contributed by atoms with Crippen molar-refractivity contribution in [2.75, 3.05) is 26.7 Å². The topological polar surface area (TPSA) is 89.9 Å². The average Bonchev–Trinajstić information content (AvgIpc) is 2.81. The van der Waals surface area contributed by atoms with Crippen molar-refractivity contribution < 1.29 is 19.8 Å². The minimum Gasteiger partial charge on any atom is -0.508 e. The normalized spacial score (nSPS) is 10.9. The van der Waals surface area contributed by atoms with E-state index < -0.39 is 0 Å². The van der Waals surface area contributed by atoms with Crippen LogP contribution in [0.2, 0.25) is 0 Å². The van der Waals surface area contributed by atoms with Crippen LogP contribution in [0.1, 0.15) is 49.0 Å². The number of nitrogens with zero attached hydrogens (tertiary/aromatic N) is 1.